The van der Waals surface area contributed by atoms with Gasteiger partial charge in [0.15, 0.2) is 6.29 Å². The van der Waals surface area contributed by atoms with Crippen LogP contribution >= 0.6 is 0 Å². The van der Waals surface area contributed by atoms with Crippen molar-refractivity contribution in [1.29, 1.82) is 0 Å². The molecule has 280 valence electrons. The highest BCUT2D eigenvalue weighted by Gasteiger charge is 2.59. The number of carboxylic acids is 1. The molecule has 1 aromatic heterocycles. The minimum atomic E-state index is -3.05. The van der Waals surface area contributed by atoms with E-state index in [-0.39, 0.29) is 6.54 Å². The number of aromatic nitrogens is 1. The number of nitrogens with zero attached hydrogens (tertiary/aromatic N) is 1. The first kappa shape index (κ1) is 40.7. The number of nitrogens with one attached hydrogen (secondary N) is 2. The summed E-state index contributed by atoms with van der Waals surface area (Å²) in [5.41, 5.74) is 0. The van der Waals surface area contributed by atoms with Crippen molar-refractivity contribution in [2.24, 2.45) is 0 Å². The van der Waals surface area contributed by atoms with Gasteiger partial charge in [-0.15, -0.1) is 0 Å². The number of rotatable bonds is 17. The maximum absolute atomic E-state index is 12.7. The number of anilines is 1. The van der Waals surface area contributed by atoms with Gasteiger partial charge in [-0.25, -0.2) is 9.78 Å². The lowest BCUT2D eigenvalue weighted by atomic mass is 9.88. The first-order valence-electron chi connectivity index (χ1n) is 15.2. The number of hydrogen-bond acceptors (Lipinski definition) is 19. The molecule has 15 atom stereocenters. The predicted octanol–water partition coefficient (Wildman–Crippen LogP) is -7.07. The number of pyridine rings is 1. The second-order valence-corrected chi connectivity index (χ2v) is 11.7. The highest BCUT2D eigenvalue weighted by molar-refractivity contribution is 5.76. The monoisotopic (exact) mass is 711 g/mol. The Bertz CT molecular complexity index is 1190. The van der Waals surface area contributed by atoms with E-state index in [1.807, 2.05) is 0 Å². The summed E-state index contributed by atoms with van der Waals surface area (Å²) in [6.45, 7) is -2.42. The van der Waals surface area contributed by atoms with Crippen molar-refractivity contribution < 1.29 is 89.8 Å². The molecule has 3 heterocycles. The maximum atomic E-state index is 12.7. The van der Waals surface area contributed by atoms with E-state index in [1.54, 1.807) is 18.2 Å². The molecule has 1 aromatic rings. The summed E-state index contributed by atoms with van der Waals surface area (Å²) in [5, 5.41) is 130. The van der Waals surface area contributed by atoms with Crippen molar-refractivity contribution in [1.82, 2.24) is 10.3 Å². The Labute approximate surface area is 278 Å². The van der Waals surface area contributed by atoms with Gasteiger partial charge < -0.3 is 90.9 Å². The van der Waals surface area contributed by atoms with Crippen LogP contribution in [0, 0.1) is 0 Å². The number of hydrogen-bond donors (Lipinski definition) is 14. The second-order valence-electron chi connectivity index (χ2n) is 11.7. The number of carboxylic acid groups (broad SMARTS) is 1. The Morgan fingerprint density at radius 2 is 1.69 bits per heavy atom. The standard InChI is InChI=1S/C28H45N3O18/c1-11(35)31-18-12(36)6-28(27(44)45,48-24(18)20(41)14(38)8-32)49-25-21(42)16(10-34)46-26(22(25)43)47-23(15(39)9-33)19(40)13(37)7-30-17-4-2-3-5-29-17/h2-5,12-16,18-26,32-34,36-43H,6-10H2,1H3,(H,29,30)(H,31,35)(H,44,45)/t12-,13-,14+,15+,16+,18+,19+,20+,21-,22+,23+,24+,25-,26-,28-/m0/s1. The fourth-order valence-electron chi connectivity index (χ4n) is 5.45. The largest absolute Gasteiger partial charge is 0.477 e. The number of aliphatic hydroxyl groups excluding tert-OH is 11. The van der Waals surface area contributed by atoms with Crippen molar-refractivity contribution in [3.63, 3.8) is 0 Å². The molecule has 0 radical (unpaired) electrons. The number of amides is 1. The van der Waals surface area contributed by atoms with E-state index in [0.717, 1.165) is 6.92 Å². The lowest BCUT2D eigenvalue weighted by molar-refractivity contribution is -0.377. The van der Waals surface area contributed by atoms with Crippen LogP contribution in [0.3, 0.4) is 0 Å². The van der Waals surface area contributed by atoms with Crippen LogP contribution in [-0.2, 0) is 28.5 Å². The third-order valence-electron chi connectivity index (χ3n) is 8.08. The molecule has 0 spiro atoms. The van der Waals surface area contributed by atoms with E-state index >= 15 is 0 Å². The third-order valence-corrected chi connectivity index (χ3v) is 8.08. The summed E-state index contributed by atoms with van der Waals surface area (Å²) in [5.74, 6) is -5.49. The fraction of sp³-hybridized carbons (Fsp3) is 0.750. The lowest BCUT2D eigenvalue weighted by Gasteiger charge is -2.50. The van der Waals surface area contributed by atoms with Gasteiger partial charge in [0.25, 0.3) is 5.79 Å². The van der Waals surface area contributed by atoms with Crippen LogP contribution in [-0.4, -0.2) is 196 Å². The minimum Gasteiger partial charge on any atom is -0.477 e. The van der Waals surface area contributed by atoms with Gasteiger partial charge in [0.1, 0.15) is 66.9 Å². The van der Waals surface area contributed by atoms with Crippen LogP contribution < -0.4 is 10.6 Å². The van der Waals surface area contributed by atoms with Crippen molar-refractivity contribution in [2.75, 3.05) is 31.7 Å². The SMILES string of the molecule is CC(=O)N[C@H]1[C@H]([C@H](O)[C@H](O)CO)O[C@@](O[C@H]2[C@@H](O)[C@@H](CO)O[C@@H](O[C@@H]([C@H](O)[C@@H](O)CNc3ccccn3)[C@H](O)CO)[C@@H]2O)(C(=O)O)C[C@@H]1O. The van der Waals surface area contributed by atoms with E-state index in [2.05, 4.69) is 15.6 Å². The molecule has 21 heteroatoms. The normalized spacial score (nSPS) is 34.2. The number of aliphatic hydroxyl groups is 11. The molecule has 1 amide bonds. The van der Waals surface area contributed by atoms with Gasteiger partial charge in [-0.05, 0) is 12.1 Å². The van der Waals surface area contributed by atoms with Gasteiger partial charge in [0.2, 0.25) is 5.91 Å². The Kier molecular flexibility index (Phi) is 14.9. The van der Waals surface area contributed by atoms with Crippen molar-refractivity contribution >= 4 is 17.7 Å². The molecule has 3 rings (SSSR count). The van der Waals surface area contributed by atoms with Crippen LogP contribution in [0.25, 0.3) is 0 Å². The summed E-state index contributed by atoms with van der Waals surface area (Å²) in [4.78, 5) is 28.5. The topological polar surface area (TPSA) is 351 Å². The van der Waals surface area contributed by atoms with Gasteiger partial charge in [-0.1, -0.05) is 6.07 Å². The molecule has 0 saturated carbocycles. The quantitative estimate of drug-likeness (QED) is 0.0713. The molecule has 2 aliphatic rings. The molecule has 49 heavy (non-hydrogen) atoms. The van der Waals surface area contributed by atoms with Crippen molar-refractivity contribution in [3.05, 3.63) is 24.4 Å². The van der Waals surface area contributed by atoms with E-state index in [9.17, 15) is 70.9 Å². The molecule has 2 saturated heterocycles. The molecule has 14 N–H and O–H groups in total. The first-order chi connectivity index (χ1) is 23.1. The molecule has 0 aliphatic carbocycles. The number of carbonyl (C=O) groups excluding carboxylic acids is 1. The zero-order chi connectivity index (χ0) is 36.6. The number of aliphatic carboxylic acids is 1. The van der Waals surface area contributed by atoms with Crippen LogP contribution in [0.1, 0.15) is 13.3 Å². The maximum Gasteiger partial charge on any atom is 0.364 e. The minimum absolute atomic E-state index is 0.311. The van der Waals surface area contributed by atoms with Crippen LogP contribution in [0.5, 0.6) is 0 Å². The van der Waals surface area contributed by atoms with Crippen LogP contribution in [0.4, 0.5) is 5.82 Å². The Morgan fingerprint density at radius 3 is 2.24 bits per heavy atom. The summed E-state index contributed by atoms with van der Waals surface area (Å²) in [6.07, 6.45) is -25.3. The highest BCUT2D eigenvalue weighted by atomic mass is 16.8. The average molecular weight is 712 g/mol. The van der Waals surface area contributed by atoms with Gasteiger partial charge in [0.05, 0.1) is 38.1 Å². The Morgan fingerprint density at radius 1 is 1.02 bits per heavy atom. The second kappa shape index (κ2) is 18.0. The van der Waals surface area contributed by atoms with Gasteiger partial charge in [-0.2, -0.15) is 0 Å². The Hall–Kier alpha value is -2.71. The zero-order valence-corrected chi connectivity index (χ0v) is 26.2. The fourth-order valence-corrected chi connectivity index (χ4v) is 5.45. The molecule has 21 nitrogen and oxygen atoms in total. The molecular formula is C28H45N3O18. The zero-order valence-electron chi connectivity index (χ0n) is 26.2. The van der Waals surface area contributed by atoms with Crippen molar-refractivity contribution in [2.45, 2.75) is 105 Å². The molecule has 0 unspecified atom stereocenters. The summed E-state index contributed by atoms with van der Waals surface area (Å²) in [6, 6.07) is 3.27. The van der Waals surface area contributed by atoms with E-state index in [1.165, 1.54) is 6.20 Å². The van der Waals surface area contributed by atoms with Gasteiger partial charge >= 0.3 is 5.97 Å². The van der Waals surface area contributed by atoms with E-state index in [4.69, 9.17) is 18.9 Å². The third kappa shape index (κ3) is 9.75. The van der Waals surface area contributed by atoms with E-state index < -0.39 is 129 Å². The average Bonchev–Trinajstić information content (AvgIpc) is 3.08. The molecule has 0 aromatic carbocycles. The predicted molar refractivity (Wildman–Crippen MR) is 158 cm³/mol. The summed E-state index contributed by atoms with van der Waals surface area (Å²) >= 11 is 0. The molecule has 2 fully saturated rings. The van der Waals surface area contributed by atoms with Gasteiger partial charge in [0, 0.05) is 26.1 Å². The van der Waals surface area contributed by atoms with Crippen LogP contribution in [0.15, 0.2) is 24.4 Å². The molecular weight excluding hydrogens is 666 g/mol. The smallest absolute Gasteiger partial charge is 0.364 e. The van der Waals surface area contributed by atoms with E-state index in [0.29, 0.717) is 5.82 Å². The van der Waals surface area contributed by atoms with Crippen LogP contribution in [0.2, 0.25) is 0 Å². The molecule has 0 bridgehead atoms. The number of carbonyl (C=O) groups is 2. The first-order valence-corrected chi connectivity index (χ1v) is 15.2. The summed E-state index contributed by atoms with van der Waals surface area (Å²) < 4.78 is 22.1. The number of ether oxygens (including phenoxy) is 4. The molecule has 2 aliphatic heterocycles. The lowest BCUT2D eigenvalue weighted by Crippen LogP contribution is -2.70. The highest BCUT2D eigenvalue weighted by Crippen LogP contribution is 2.38. The van der Waals surface area contributed by atoms with Gasteiger partial charge in [-0.3, -0.25) is 4.79 Å². The summed E-state index contributed by atoms with van der Waals surface area (Å²) in [7, 11) is 0. The Balaban J connectivity index is 1.90. The van der Waals surface area contributed by atoms with Crippen molar-refractivity contribution in [3.8, 4) is 0 Å².